The van der Waals surface area contributed by atoms with Crippen molar-refractivity contribution >= 4 is 11.6 Å². The molecule has 90 valence electrons. The molecule has 3 nitrogen and oxygen atoms in total. The Morgan fingerprint density at radius 1 is 1.39 bits per heavy atom. The van der Waals surface area contributed by atoms with Gasteiger partial charge in [0, 0.05) is 11.2 Å². The molecule has 0 atom stereocenters. The van der Waals surface area contributed by atoms with Crippen LogP contribution in [0.15, 0.2) is 36.7 Å². The Labute approximate surface area is 111 Å². The Morgan fingerprint density at radius 2 is 2.22 bits per heavy atom. The van der Waals surface area contributed by atoms with Crippen LogP contribution in [0.25, 0.3) is 0 Å². The van der Waals surface area contributed by atoms with Gasteiger partial charge in [-0.3, -0.25) is 4.98 Å². The molecular formula is C14H11ClN2O. The van der Waals surface area contributed by atoms with Crippen molar-refractivity contribution in [2.24, 2.45) is 0 Å². The number of aromatic nitrogens is 1. The van der Waals surface area contributed by atoms with E-state index >= 15 is 0 Å². The van der Waals surface area contributed by atoms with Gasteiger partial charge < -0.3 is 4.74 Å². The topological polar surface area (TPSA) is 45.9 Å². The van der Waals surface area contributed by atoms with Gasteiger partial charge >= 0.3 is 0 Å². The Hall–Kier alpha value is -2.05. The average molecular weight is 259 g/mol. The number of benzene rings is 1. The summed E-state index contributed by atoms with van der Waals surface area (Å²) < 4.78 is 5.65. The molecule has 0 N–H and O–H groups in total. The summed E-state index contributed by atoms with van der Waals surface area (Å²) in [6.07, 6.45) is 3.91. The molecule has 1 aromatic heterocycles. The minimum absolute atomic E-state index is 0.448. The van der Waals surface area contributed by atoms with Gasteiger partial charge in [0.25, 0.3) is 0 Å². The van der Waals surface area contributed by atoms with Gasteiger partial charge in [-0.1, -0.05) is 18.5 Å². The summed E-state index contributed by atoms with van der Waals surface area (Å²) in [6.45, 7) is 2.02. The van der Waals surface area contributed by atoms with Crippen molar-refractivity contribution in [1.29, 1.82) is 5.26 Å². The molecule has 0 saturated heterocycles. The van der Waals surface area contributed by atoms with Crippen LogP contribution in [0.5, 0.6) is 11.5 Å². The number of rotatable bonds is 3. The van der Waals surface area contributed by atoms with E-state index in [1.807, 2.05) is 13.0 Å². The molecule has 1 heterocycles. The van der Waals surface area contributed by atoms with Gasteiger partial charge in [0.1, 0.15) is 11.8 Å². The number of aryl methyl sites for hydroxylation is 1. The van der Waals surface area contributed by atoms with E-state index in [0.29, 0.717) is 17.1 Å². The Bertz CT molecular complexity index is 605. The van der Waals surface area contributed by atoms with Gasteiger partial charge in [0.2, 0.25) is 0 Å². The van der Waals surface area contributed by atoms with Crippen LogP contribution in [-0.4, -0.2) is 4.98 Å². The molecule has 0 aliphatic carbocycles. The zero-order valence-corrected chi connectivity index (χ0v) is 10.6. The summed E-state index contributed by atoms with van der Waals surface area (Å²) in [5, 5.41) is 9.68. The highest BCUT2D eigenvalue weighted by Crippen LogP contribution is 2.27. The number of halogens is 1. The van der Waals surface area contributed by atoms with Crippen molar-refractivity contribution in [3.63, 3.8) is 0 Å². The first-order valence-corrected chi connectivity index (χ1v) is 5.92. The fourth-order valence-electron chi connectivity index (χ4n) is 1.57. The highest BCUT2D eigenvalue weighted by molar-refractivity contribution is 6.31. The number of hydrogen-bond acceptors (Lipinski definition) is 3. The minimum Gasteiger partial charge on any atom is -0.454 e. The van der Waals surface area contributed by atoms with Gasteiger partial charge in [-0.05, 0) is 36.2 Å². The van der Waals surface area contributed by atoms with E-state index in [0.717, 1.165) is 17.0 Å². The Morgan fingerprint density at radius 3 is 2.94 bits per heavy atom. The molecule has 0 bridgehead atoms. The van der Waals surface area contributed by atoms with E-state index in [2.05, 4.69) is 11.1 Å². The normalized spacial score (nSPS) is 9.83. The quantitative estimate of drug-likeness (QED) is 0.837. The maximum absolute atomic E-state index is 8.96. The summed E-state index contributed by atoms with van der Waals surface area (Å²) >= 11 is 6.04. The highest BCUT2D eigenvalue weighted by atomic mass is 35.5. The molecule has 0 saturated carbocycles. The van der Waals surface area contributed by atoms with Gasteiger partial charge in [0.05, 0.1) is 11.8 Å². The molecule has 1 aromatic carbocycles. The van der Waals surface area contributed by atoms with Crippen LogP contribution in [0, 0.1) is 11.3 Å². The van der Waals surface area contributed by atoms with Crippen molar-refractivity contribution in [1.82, 2.24) is 4.98 Å². The Balaban J connectivity index is 2.32. The summed E-state index contributed by atoms with van der Waals surface area (Å²) in [6, 6.07) is 9.12. The molecule has 0 amide bonds. The molecule has 18 heavy (non-hydrogen) atoms. The van der Waals surface area contributed by atoms with Crippen LogP contribution < -0.4 is 4.74 Å². The SMILES string of the molecule is CCc1cc(Oc2cnccc2C#N)ccc1Cl. The molecule has 0 unspecified atom stereocenters. The van der Waals surface area contributed by atoms with Gasteiger partial charge in [-0.15, -0.1) is 0 Å². The molecule has 0 fully saturated rings. The number of nitrogens with zero attached hydrogens (tertiary/aromatic N) is 2. The minimum atomic E-state index is 0.448. The maximum atomic E-state index is 8.96. The summed E-state index contributed by atoms with van der Waals surface area (Å²) in [5.74, 6) is 1.10. The van der Waals surface area contributed by atoms with Crippen LogP contribution in [0.3, 0.4) is 0 Å². The van der Waals surface area contributed by atoms with E-state index < -0.39 is 0 Å². The van der Waals surface area contributed by atoms with E-state index in [4.69, 9.17) is 21.6 Å². The van der Waals surface area contributed by atoms with Gasteiger partial charge in [-0.2, -0.15) is 5.26 Å². The zero-order chi connectivity index (χ0) is 13.0. The summed E-state index contributed by atoms with van der Waals surface area (Å²) in [7, 11) is 0. The largest absolute Gasteiger partial charge is 0.454 e. The van der Waals surface area contributed by atoms with Crippen LogP contribution in [0.1, 0.15) is 18.1 Å². The smallest absolute Gasteiger partial charge is 0.163 e. The van der Waals surface area contributed by atoms with E-state index in [1.54, 1.807) is 24.4 Å². The maximum Gasteiger partial charge on any atom is 0.163 e. The first kappa shape index (κ1) is 12.4. The van der Waals surface area contributed by atoms with Crippen molar-refractivity contribution in [3.8, 4) is 17.6 Å². The number of ether oxygens (including phenoxy) is 1. The second kappa shape index (κ2) is 5.52. The second-order valence-electron chi connectivity index (χ2n) is 3.69. The lowest BCUT2D eigenvalue weighted by Crippen LogP contribution is -1.91. The van der Waals surface area contributed by atoms with Crippen molar-refractivity contribution in [3.05, 3.63) is 52.8 Å². The third-order valence-corrected chi connectivity index (χ3v) is 2.90. The lowest BCUT2D eigenvalue weighted by molar-refractivity contribution is 0.478. The number of pyridine rings is 1. The number of hydrogen-bond donors (Lipinski definition) is 0. The van der Waals surface area contributed by atoms with Crippen LogP contribution in [0.2, 0.25) is 5.02 Å². The van der Waals surface area contributed by atoms with Crippen LogP contribution >= 0.6 is 11.6 Å². The number of nitriles is 1. The highest BCUT2D eigenvalue weighted by Gasteiger charge is 2.06. The van der Waals surface area contributed by atoms with E-state index in [-0.39, 0.29) is 0 Å². The fourth-order valence-corrected chi connectivity index (χ4v) is 1.82. The lowest BCUT2D eigenvalue weighted by Gasteiger charge is -2.08. The zero-order valence-electron chi connectivity index (χ0n) is 9.85. The van der Waals surface area contributed by atoms with Crippen molar-refractivity contribution in [2.75, 3.05) is 0 Å². The first-order chi connectivity index (χ1) is 8.74. The average Bonchev–Trinajstić information content (AvgIpc) is 2.41. The van der Waals surface area contributed by atoms with Crippen molar-refractivity contribution < 1.29 is 4.74 Å². The molecule has 0 aliphatic rings. The van der Waals surface area contributed by atoms with Gasteiger partial charge in [0.15, 0.2) is 5.75 Å². The van der Waals surface area contributed by atoms with E-state index in [9.17, 15) is 0 Å². The molecule has 2 aromatic rings. The molecule has 0 radical (unpaired) electrons. The lowest BCUT2D eigenvalue weighted by atomic mass is 10.1. The molecule has 4 heteroatoms. The predicted molar refractivity (Wildman–Crippen MR) is 69.9 cm³/mol. The van der Waals surface area contributed by atoms with Crippen LogP contribution in [-0.2, 0) is 6.42 Å². The predicted octanol–water partition coefficient (Wildman–Crippen LogP) is 3.96. The fraction of sp³-hybridized carbons (Fsp3) is 0.143. The third kappa shape index (κ3) is 2.61. The Kier molecular flexibility index (Phi) is 3.81. The monoisotopic (exact) mass is 258 g/mol. The molecule has 0 aliphatic heterocycles. The summed E-state index contributed by atoms with van der Waals surface area (Å²) in [5.41, 5.74) is 1.47. The molecule has 2 rings (SSSR count). The third-order valence-electron chi connectivity index (χ3n) is 2.53. The van der Waals surface area contributed by atoms with Gasteiger partial charge in [-0.25, -0.2) is 0 Å². The van der Waals surface area contributed by atoms with E-state index in [1.165, 1.54) is 6.20 Å². The molecule has 0 spiro atoms. The summed E-state index contributed by atoms with van der Waals surface area (Å²) in [4.78, 5) is 3.95. The second-order valence-corrected chi connectivity index (χ2v) is 4.10. The first-order valence-electron chi connectivity index (χ1n) is 5.55. The standard InChI is InChI=1S/C14H11ClN2O/c1-2-10-7-12(3-4-13(10)15)18-14-9-17-6-5-11(14)8-16/h3-7,9H,2H2,1H3. The molecular weight excluding hydrogens is 248 g/mol. The van der Waals surface area contributed by atoms with Crippen molar-refractivity contribution in [2.45, 2.75) is 13.3 Å². The van der Waals surface area contributed by atoms with Crippen LogP contribution in [0.4, 0.5) is 0 Å².